The molecule has 3 heterocycles. The SMILES string of the molecule is Cc1cc(C)cc(-c2ccc3c(c2)c2cc(-c4cc(C)cc(C)c4)ccc2n3-c2ccccc2-c2ccc(-n3c4ccc(-c5cc(C)cc(C)c5)cc4c4cc(-c5cc(C)cc(C)c5)ccc43)c(-c3nc(-c4ccccc4)nc(-c4ccccc4)n3)c2)c1. The van der Waals surface area contributed by atoms with Gasteiger partial charge in [0.2, 0.25) is 0 Å². The maximum absolute atomic E-state index is 5.51. The van der Waals surface area contributed by atoms with E-state index >= 15 is 0 Å². The third kappa shape index (κ3) is 9.85. The third-order valence-electron chi connectivity index (χ3n) is 17.4. The van der Waals surface area contributed by atoms with E-state index in [0.717, 1.165) is 72.0 Å². The molecule has 3 aromatic heterocycles. The number of rotatable bonds is 10. The number of nitrogens with zero attached hydrogens (tertiary/aromatic N) is 5. The molecule has 0 radical (unpaired) electrons. The van der Waals surface area contributed by atoms with E-state index in [1.807, 2.05) is 36.4 Å². The molecule has 88 heavy (non-hydrogen) atoms. The van der Waals surface area contributed by atoms with Crippen molar-refractivity contribution in [2.75, 3.05) is 0 Å². The molecule has 0 fully saturated rings. The smallest absolute Gasteiger partial charge is 0.166 e. The minimum Gasteiger partial charge on any atom is -0.309 e. The van der Waals surface area contributed by atoms with Crippen molar-refractivity contribution < 1.29 is 0 Å². The van der Waals surface area contributed by atoms with Crippen LogP contribution >= 0.6 is 0 Å². The summed E-state index contributed by atoms with van der Waals surface area (Å²) in [5.74, 6) is 1.78. The van der Waals surface area contributed by atoms with Crippen LogP contribution in [0.25, 0.3) is 145 Å². The zero-order chi connectivity index (χ0) is 59.9. The molecule has 15 rings (SSSR count). The lowest BCUT2D eigenvalue weighted by molar-refractivity contribution is 1.06. The lowest BCUT2D eigenvalue weighted by Gasteiger charge is -2.18. The number of benzene rings is 12. The quantitative estimate of drug-likeness (QED) is 0.137. The summed E-state index contributed by atoms with van der Waals surface area (Å²) < 4.78 is 4.91. The van der Waals surface area contributed by atoms with Gasteiger partial charge in [-0.25, -0.2) is 15.0 Å². The minimum absolute atomic E-state index is 0.574. The van der Waals surface area contributed by atoms with Gasteiger partial charge in [0, 0.05) is 43.8 Å². The highest BCUT2D eigenvalue weighted by atomic mass is 15.1. The largest absolute Gasteiger partial charge is 0.309 e. The highest BCUT2D eigenvalue weighted by Crippen LogP contribution is 2.44. The standard InChI is InChI=1S/C83H65N5/c1-50-33-51(2)38-65(37-50)60-23-28-76-70(45-60)71-46-61(66-39-52(3)34-53(4)40-66)24-29-77(71)87(76)75-22-16-15-21-69(75)64-27-32-80(74(49-64)83-85-81(58-17-11-9-12-18-58)84-82(86-83)59-19-13-10-14-20-59)88-78-30-25-62(67-41-54(5)35-55(6)42-67)47-72(78)73-48-63(26-31-79(73)88)68-43-56(7)36-57(8)44-68/h9-49H,1-8H3. The van der Waals surface area contributed by atoms with Crippen molar-refractivity contribution in [3.63, 3.8) is 0 Å². The molecule has 0 amide bonds. The fraction of sp³-hybridized carbons (Fsp3) is 0.0964. The van der Waals surface area contributed by atoms with E-state index in [1.165, 1.54) is 99.8 Å². The number of para-hydroxylation sites is 1. The number of hydrogen-bond donors (Lipinski definition) is 0. The Labute approximate surface area is 514 Å². The van der Waals surface area contributed by atoms with Crippen molar-refractivity contribution in [2.45, 2.75) is 55.4 Å². The van der Waals surface area contributed by atoms with E-state index in [9.17, 15) is 0 Å². The Morgan fingerprint density at radius 3 is 0.852 bits per heavy atom. The highest BCUT2D eigenvalue weighted by molar-refractivity contribution is 6.14. The van der Waals surface area contributed by atoms with E-state index in [1.54, 1.807) is 0 Å². The summed E-state index contributed by atoms with van der Waals surface area (Å²) in [5, 5.41) is 4.72. The first kappa shape index (κ1) is 53.9. The lowest BCUT2D eigenvalue weighted by Crippen LogP contribution is -2.04. The van der Waals surface area contributed by atoms with Gasteiger partial charge in [-0.05, 0) is 172 Å². The Bertz CT molecular complexity index is 4940. The van der Waals surface area contributed by atoms with Gasteiger partial charge in [-0.3, -0.25) is 0 Å². The fourth-order valence-electron chi connectivity index (χ4n) is 13.8. The van der Waals surface area contributed by atoms with Crippen molar-refractivity contribution in [2.24, 2.45) is 0 Å². The summed E-state index contributed by atoms with van der Waals surface area (Å²) in [5.41, 5.74) is 30.8. The minimum atomic E-state index is 0.574. The van der Waals surface area contributed by atoms with Crippen LogP contribution in [0.2, 0.25) is 0 Å². The summed E-state index contributed by atoms with van der Waals surface area (Å²) in [6, 6.07) is 91.7. The van der Waals surface area contributed by atoms with Crippen molar-refractivity contribution in [3.05, 3.63) is 293 Å². The molecule has 0 saturated heterocycles. The average Bonchev–Trinajstić information content (AvgIpc) is 1.92. The molecule has 0 saturated carbocycles. The van der Waals surface area contributed by atoms with Gasteiger partial charge in [-0.1, -0.05) is 226 Å². The zero-order valence-electron chi connectivity index (χ0n) is 50.9. The van der Waals surface area contributed by atoms with Crippen LogP contribution in [0.3, 0.4) is 0 Å². The molecule has 5 heteroatoms. The van der Waals surface area contributed by atoms with Crippen LogP contribution in [0, 0.1) is 55.4 Å². The Balaban J connectivity index is 0.998. The van der Waals surface area contributed by atoms with Crippen LogP contribution in [0.4, 0.5) is 0 Å². The maximum Gasteiger partial charge on any atom is 0.166 e. The van der Waals surface area contributed by atoms with Gasteiger partial charge in [0.1, 0.15) is 0 Å². The molecule has 0 aliphatic heterocycles. The van der Waals surface area contributed by atoms with Crippen LogP contribution < -0.4 is 0 Å². The van der Waals surface area contributed by atoms with Crippen molar-refractivity contribution in [1.82, 2.24) is 24.1 Å². The second-order valence-electron chi connectivity index (χ2n) is 24.4. The number of aryl methyl sites for hydroxylation is 8. The molecule has 0 spiro atoms. The van der Waals surface area contributed by atoms with Crippen LogP contribution in [0.15, 0.2) is 249 Å². The second-order valence-corrected chi connectivity index (χ2v) is 24.4. The molecule has 0 atom stereocenters. The van der Waals surface area contributed by atoms with Gasteiger partial charge >= 0.3 is 0 Å². The molecule has 0 aliphatic rings. The molecule has 0 aliphatic carbocycles. The first-order valence-corrected chi connectivity index (χ1v) is 30.5. The third-order valence-corrected chi connectivity index (χ3v) is 17.4. The highest BCUT2D eigenvalue weighted by Gasteiger charge is 2.24. The second kappa shape index (κ2) is 21.6. The van der Waals surface area contributed by atoms with Crippen molar-refractivity contribution >= 4 is 43.6 Å². The molecule has 12 aromatic carbocycles. The summed E-state index contributed by atoms with van der Waals surface area (Å²) >= 11 is 0. The summed E-state index contributed by atoms with van der Waals surface area (Å²) in [6.45, 7) is 17.5. The van der Waals surface area contributed by atoms with Gasteiger partial charge in [0.05, 0.1) is 33.4 Å². The van der Waals surface area contributed by atoms with Gasteiger partial charge in [0.15, 0.2) is 17.5 Å². The van der Waals surface area contributed by atoms with E-state index in [-0.39, 0.29) is 0 Å². The molecule has 5 nitrogen and oxygen atoms in total. The molecule has 0 N–H and O–H groups in total. The Hall–Kier alpha value is -10.8. The number of fused-ring (bicyclic) bond motifs is 6. The Morgan fingerprint density at radius 2 is 0.500 bits per heavy atom. The average molecular weight is 1130 g/mol. The van der Waals surface area contributed by atoms with Crippen LogP contribution in [-0.2, 0) is 0 Å². The summed E-state index contributed by atoms with van der Waals surface area (Å²) in [4.78, 5) is 16.2. The van der Waals surface area contributed by atoms with Gasteiger partial charge in [0.25, 0.3) is 0 Å². The van der Waals surface area contributed by atoms with Crippen molar-refractivity contribution in [1.29, 1.82) is 0 Å². The van der Waals surface area contributed by atoms with E-state index in [2.05, 4.69) is 277 Å². The molecule has 15 aromatic rings. The molecule has 0 unspecified atom stereocenters. The maximum atomic E-state index is 5.51. The van der Waals surface area contributed by atoms with Crippen LogP contribution in [0.5, 0.6) is 0 Å². The molecule has 422 valence electrons. The van der Waals surface area contributed by atoms with Gasteiger partial charge < -0.3 is 9.13 Å². The predicted molar refractivity (Wildman–Crippen MR) is 370 cm³/mol. The number of aromatic nitrogens is 5. The predicted octanol–water partition coefficient (Wildman–Crippen LogP) is 21.9. The van der Waals surface area contributed by atoms with Gasteiger partial charge in [-0.2, -0.15) is 0 Å². The van der Waals surface area contributed by atoms with Crippen LogP contribution in [-0.4, -0.2) is 24.1 Å². The molecule has 0 bridgehead atoms. The zero-order valence-corrected chi connectivity index (χ0v) is 50.9. The summed E-state index contributed by atoms with van der Waals surface area (Å²) in [6.07, 6.45) is 0. The topological polar surface area (TPSA) is 48.5 Å². The van der Waals surface area contributed by atoms with Gasteiger partial charge in [-0.15, -0.1) is 0 Å². The monoisotopic (exact) mass is 1130 g/mol. The summed E-state index contributed by atoms with van der Waals surface area (Å²) in [7, 11) is 0. The Morgan fingerprint density at radius 1 is 0.205 bits per heavy atom. The molecular weight excluding hydrogens is 1070 g/mol. The first-order valence-electron chi connectivity index (χ1n) is 30.5. The molecular formula is C83H65N5. The van der Waals surface area contributed by atoms with E-state index < -0.39 is 0 Å². The first-order chi connectivity index (χ1) is 42.8. The lowest BCUT2D eigenvalue weighted by atomic mass is 9.97. The van der Waals surface area contributed by atoms with Crippen LogP contribution in [0.1, 0.15) is 44.5 Å². The van der Waals surface area contributed by atoms with E-state index in [4.69, 9.17) is 15.0 Å². The Kier molecular flexibility index (Phi) is 13.3. The fourth-order valence-corrected chi connectivity index (χ4v) is 13.8. The van der Waals surface area contributed by atoms with Crippen molar-refractivity contribution in [3.8, 4) is 101 Å². The van der Waals surface area contributed by atoms with E-state index in [0.29, 0.717) is 17.5 Å². The number of hydrogen-bond acceptors (Lipinski definition) is 3. The normalized spacial score (nSPS) is 11.6.